The van der Waals surface area contributed by atoms with E-state index in [1.807, 2.05) is 19.2 Å². The van der Waals surface area contributed by atoms with E-state index in [2.05, 4.69) is 32.7 Å². The second-order valence-corrected chi connectivity index (χ2v) is 8.12. The number of ether oxygens (including phenoxy) is 2. The molecule has 2 N–H and O–H groups in total. The molecule has 1 saturated heterocycles. The number of para-hydroxylation sites is 2. The van der Waals surface area contributed by atoms with Crippen LogP contribution < -0.4 is 20.3 Å². The van der Waals surface area contributed by atoms with Crippen molar-refractivity contribution in [3.63, 3.8) is 0 Å². The summed E-state index contributed by atoms with van der Waals surface area (Å²) < 4.78 is 10.9. The fourth-order valence-electron chi connectivity index (χ4n) is 4.61. The Morgan fingerprint density at radius 2 is 2.04 bits per heavy atom. The molecule has 1 heterocycles. The van der Waals surface area contributed by atoms with E-state index in [9.17, 15) is 0 Å². The standard InChI is InChI=1S/C22H36N4O2/c1-23-21(24-17-22(13-15-27-2)11-6-7-12-22)25-18-10-14-26(16-18)19-8-4-5-9-20(19)28-3/h4-5,8-9,18H,6-7,10-17H2,1-3H3,(H2,23,24,25). The zero-order valence-corrected chi connectivity index (χ0v) is 17.7. The van der Waals surface area contributed by atoms with Gasteiger partial charge in [-0.2, -0.15) is 0 Å². The molecule has 156 valence electrons. The molecule has 3 rings (SSSR count). The summed E-state index contributed by atoms with van der Waals surface area (Å²) in [4.78, 5) is 6.87. The molecule has 0 amide bonds. The third-order valence-electron chi connectivity index (χ3n) is 6.31. The van der Waals surface area contributed by atoms with Crippen molar-refractivity contribution in [3.8, 4) is 5.75 Å². The number of hydrogen-bond acceptors (Lipinski definition) is 4. The minimum absolute atomic E-state index is 0.354. The number of hydrogen-bond donors (Lipinski definition) is 2. The van der Waals surface area contributed by atoms with Crippen LogP contribution in [0.3, 0.4) is 0 Å². The third-order valence-corrected chi connectivity index (χ3v) is 6.31. The summed E-state index contributed by atoms with van der Waals surface area (Å²) in [6.07, 6.45) is 7.44. The van der Waals surface area contributed by atoms with Gasteiger partial charge in [-0.25, -0.2) is 0 Å². The molecule has 1 aliphatic carbocycles. The monoisotopic (exact) mass is 388 g/mol. The molecule has 1 aromatic carbocycles. The highest BCUT2D eigenvalue weighted by molar-refractivity contribution is 5.80. The molecule has 2 aliphatic rings. The summed E-state index contributed by atoms with van der Waals surface area (Å²) in [7, 11) is 5.39. The van der Waals surface area contributed by atoms with Crippen LogP contribution >= 0.6 is 0 Å². The fourth-order valence-corrected chi connectivity index (χ4v) is 4.61. The van der Waals surface area contributed by atoms with Gasteiger partial charge in [0.05, 0.1) is 12.8 Å². The molecule has 1 aromatic rings. The van der Waals surface area contributed by atoms with Gasteiger partial charge in [-0.15, -0.1) is 0 Å². The molecule has 1 aliphatic heterocycles. The van der Waals surface area contributed by atoms with Crippen molar-refractivity contribution < 1.29 is 9.47 Å². The largest absolute Gasteiger partial charge is 0.495 e. The summed E-state index contributed by atoms with van der Waals surface area (Å²) in [5.41, 5.74) is 1.52. The summed E-state index contributed by atoms with van der Waals surface area (Å²) >= 11 is 0. The zero-order chi connectivity index (χ0) is 19.8. The van der Waals surface area contributed by atoms with Crippen LogP contribution in [0.5, 0.6) is 5.75 Å². The van der Waals surface area contributed by atoms with E-state index in [0.29, 0.717) is 11.5 Å². The second-order valence-electron chi connectivity index (χ2n) is 8.12. The normalized spacial score (nSPS) is 21.8. The maximum Gasteiger partial charge on any atom is 0.191 e. The van der Waals surface area contributed by atoms with E-state index in [1.54, 1.807) is 14.2 Å². The Morgan fingerprint density at radius 1 is 1.25 bits per heavy atom. The maximum atomic E-state index is 5.53. The minimum atomic E-state index is 0.354. The molecule has 0 bridgehead atoms. The smallest absolute Gasteiger partial charge is 0.191 e. The topological polar surface area (TPSA) is 58.1 Å². The highest BCUT2D eigenvalue weighted by Crippen LogP contribution is 2.40. The number of guanidine groups is 1. The summed E-state index contributed by atoms with van der Waals surface area (Å²) in [5.74, 6) is 1.85. The van der Waals surface area contributed by atoms with Crippen LogP contribution in [0.2, 0.25) is 0 Å². The van der Waals surface area contributed by atoms with E-state index in [-0.39, 0.29) is 0 Å². The fraction of sp³-hybridized carbons (Fsp3) is 0.682. The molecule has 6 nitrogen and oxygen atoms in total. The average Bonchev–Trinajstić information content (AvgIpc) is 3.39. The van der Waals surface area contributed by atoms with Gasteiger partial charge >= 0.3 is 0 Å². The average molecular weight is 389 g/mol. The molecular formula is C22H36N4O2. The number of methoxy groups -OCH3 is 2. The van der Waals surface area contributed by atoms with Gasteiger partial charge in [-0.1, -0.05) is 25.0 Å². The van der Waals surface area contributed by atoms with Crippen LogP contribution in [0, 0.1) is 5.41 Å². The Kier molecular flexibility index (Phi) is 7.43. The Hall–Kier alpha value is -1.95. The highest BCUT2D eigenvalue weighted by Gasteiger charge is 2.34. The van der Waals surface area contributed by atoms with Crippen LogP contribution in [0.25, 0.3) is 0 Å². The predicted octanol–water partition coefficient (Wildman–Crippen LogP) is 3.04. The molecule has 0 radical (unpaired) electrons. The minimum Gasteiger partial charge on any atom is -0.495 e. The predicted molar refractivity (Wildman–Crippen MR) is 116 cm³/mol. The number of rotatable bonds is 8. The van der Waals surface area contributed by atoms with Crippen LogP contribution in [-0.4, -0.2) is 59.5 Å². The van der Waals surface area contributed by atoms with Gasteiger partial charge in [0.25, 0.3) is 0 Å². The first-order valence-electron chi connectivity index (χ1n) is 10.5. The van der Waals surface area contributed by atoms with Crippen LogP contribution in [-0.2, 0) is 4.74 Å². The number of anilines is 1. The SMILES string of the molecule is CN=C(NCC1(CCOC)CCCC1)NC1CCN(c2ccccc2OC)C1. The zero-order valence-electron chi connectivity index (χ0n) is 17.7. The Labute approximate surface area is 169 Å². The summed E-state index contributed by atoms with van der Waals surface area (Å²) in [5, 5.41) is 7.23. The van der Waals surface area contributed by atoms with Crippen molar-refractivity contribution in [1.82, 2.24) is 10.6 Å². The van der Waals surface area contributed by atoms with Crippen molar-refractivity contribution in [1.29, 1.82) is 0 Å². The first-order chi connectivity index (χ1) is 13.7. The molecular weight excluding hydrogens is 352 g/mol. The van der Waals surface area contributed by atoms with Gasteiger partial charge in [0.2, 0.25) is 0 Å². The quantitative estimate of drug-likeness (QED) is 0.530. The van der Waals surface area contributed by atoms with E-state index >= 15 is 0 Å². The first-order valence-corrected chi connectivity index (χ1v) is 10.5. The van der Waals surface area contributed by atoms with Gasteiger partial charge in [0.15, 0.2) is 5.96 Å². The van der Waals surface area contributed by atoms with Gasteiger partial charge in [0.1, 0.15) is 5.75 Å². The Bertz CT molecular complexity index is 643. The molecule has 6 heteroatoms. The van der Waals surface area contributed by atoms with Crippen molar-refractivity contribution in [2.75, 3.05) is 52.4 Å². The van der Waals surface area contributed by atoms with Gasteiger partial charge in [0, 0.05) is 46.4 Å². The maximum absolute atomic E-state index is 5.53. The number of nitrogens with one attached hydrogen (secondary N) is 2. The molecule has 1 unspecified atom stereocenters. The second kappa shape index (κ2) is 10.0. The number of benzene rings is 1. The van der Waals surface area contributed by atoms with Crippen LogP contribution in [0.1, 0.15) is 38.5 Å². The lowest BCUT2D eigenvalue weighted by Gasteiger charge is -2.30. The van der Waals surface area contributed by atoms with Crippen molar-refractivity contribution in [3.05, 3.63) is 24.3 Å². The van der Waals surface area contributed by atoms with E-state index in [4.69, 9.17) is 9.47 Å². The van der Waals surface area contributed by atoms with Crippen molar-refractivity contribution in [2.24, 2.45) is 10.4 Å². The third kappa shape index (κ3) is 5.10. The van der Waals surface area contributed by atoms with Gasteiger partial charge in [-0.3, -0.25) is 4.99 Å². The lowest BCUT2D eigenvalue weighted by molar-refractivity contribution is 0.138. The molecule has 28 heavy (non-hydrogen) atoms. The number of nitrogens with zero attached hydrogens (tertiary/aromatic N) is 2. The van der Waals surface area contributed by atoms with Crippen molar-refractivity contribution in [2.45, 2.75) is 44.6 Å². The Balaban J connectivity index is 1.52. The van der Waals surface area contributed by atoms with Gasteiger partial charge in [-0.05, 0) is 43.2 Å². The Morgan fingerprint density at radius 3 is 2.75 bits per heavy atom. The van der Waals surface area contributed by atoms with Crippen LogP contribution in [0.4, 0.5) is 5.69 Å². The molecule has 0 aromatic heterocycles. The van der Waals surface area contributed by atoms with E-state index < -0.39 is 0 Å². The highest BCUT2D eigenvalue weighted by atomic mass is 16.5. The number of aliphatic imine (C=N–C) groups is 1. The summed E-state index contributed by atoms with van der Waals surface area (Å²) in [6, 6.07) is 8.63. The molecule has 2 fully saturated rings. The van der Waals surface area contributed by atoms with Crippen LogP contribution in [0.15, 0.2) is 29.3 Å². The molecule has 1 atom stereocenters. The first kappa shape index (κ1) is 20.8. The van der Waals surface area contributed by atoms with E-state index in [1.165, 1.54) is 31.4 Å². The molecule has 1 saturated carbocycles. The van der Waals surface area contributed by atoms with Gasteiger partial charge < -0.3 is 25.0 Å². The summed E-state index contributed by atoms with van der Waals surface area (Å²) in [6.45, 7) is 3.78. The molecule has 0 spiro atoms. The lowest BCUT2D eigenvalue weighted by Crippen LogP contribution is -2.47. The lowest BCUT2D eigenvalue weighted by atomic mass is 9.83. The van der Waals surface area contributed by atoms with E-state index in [0.717, 1.165) is 50.8 Å². The van der Waals surface area contributed by atoms with Crippen molar-refractivity contribution >= 4 is 11.6 Å².